The smallest absolute Gasteiger partial charge is 0.321 e. The molecule has 7 nitrogen and oxygen atoms in total. The molecule has 1 aromatic carbocycles. The number of carbonyl (C=O) groups is 2. The van der Waals surface area contributed by atoms with Crippen molar-refractivity contribution in [3.05, 3.63) is 50.9 Å². The third kappa shape index (κ3) is 4.96. The highest BCUT2D eigenvalue weighted by Crippen LogP contribution is 2.37. The molecule has 4 rings (SSSR count). The van der Waals surface area contributed by atoms with E-state index >= 15 is 0 Å². The Morgan fingerprint density at radius 2 is 2.12 bits per heavy atom. The number of para-hydroxylation sites is 1. The lowest BCUT2D eigenvalue weighted by atomic mass is 9.89. The summed E-state index contributed by atoms with van der Waals surface area (Å²) in [5.41, 5.74) is 0.767. The molecule has 0 bridgehead atoms. The first-order valence-electron chi connectivity index (χ1n) is 10.9. The molecule has 3 amide bonds. The van der Waals surface area contributed by atoms with Crippen molar-refractivity contribution in [3.8, 4) is 5.69 Å². The second-order valence-corrected chi connectivity index (χ2v) is 10.1. The van der Waals surface area contributed by atoms with E-state index < -0.39 is 17.8 Å². The van der Waals surface area contributed by atoms with Crippen molar-refractivity contribution in [2.45, 2.75) is 44.7 Å². The number of amides is 3. The molecule has 2 N–H and O–H groups in total. The number of rotatable bonds is 6. The lowest BCUT2D eigenvalue weighted by Crippen LogP contribution is -2.40. The van der Waals surface area contributed by atoms with Crippen molar-refractivity contribution in [2.75, 3.05) is 12.3 Å². The van der Waals surface area contributed by atoms with Crippen molar-refractivity contribution in [1.82, 2.24) is 20.2 Å². The molecular weight excluding hydrogens is 463 g/mol. The van der Waals surface area contributed by atoms with Gasteiger partial charge in [0.1, 0.15) is 10.6 Å². The normalized spacial score (nSPS) is 15.3. The first kappa shape index (κ1) is 23.4. The van der Waals surface area contributed by atoms with Crippen molar-refractivity contribution in [1.29, 1.82) is 0 Å². The van der Waals surface area contributed by atoms with Crippen LogP contribution in [0.5, 0.6) is 0 Å². The molecule has 2 aromatic heterocycles. The summed E-state index contributed by atoms with van der Waals surface area (Å²) in [5.74, 6) is -0.685. The predicted molar refractivity (Wildman–Crippen MR) is 129 cm³/mol. The van der Waals surface area contributed by atoms with Gasteiger partial charge in [-0.15, -0.1) is 11.3 Å². The van der Waals surface area contributed by atoms with Gasteiger partial charge in [-0.1, -0.05) is 37.7 Å². The van der Waals surface area contributed by atoms with Gasteiger partial charge in [-0.05, 0) is 49.3 Å². The maximum atomic E-state index is 14.7. The zero-order valence-corrected chi connectivity index (χ0v) is 20.1. The van der Waals surface area contributed by atoms with Crippen LogP contribution in [0.15, 0.2) is 34.2 Å². The maximum Gasteiger partial charge on any atom is 0.321 e. The van der Waals surface area contributed by atoms with E-state index in [1.165, 1.54) is 28.0 Å². The van der Waals surface area contributed by atoms with E-state index in [9.17, 15) is 18.8 Å². The molecule has 0 aliphatic heterocycles. The van der Waals surface area contributed by atoms with Crippen molar-refractivity contribution in [3.63, 3.8) is 0 Å². The molecule has 174 valence electrons. The monoisotopic (exact) mass is 488 g/mol. The van der Waals surface area contributed by atoms with Crippen LogP contribution in [0.4, 0.5) is 9.18 Å². The Morgan fingerprint density at radius 3 is 2.88 bits per heavy atom. The number of aryl methyl sites for hydroxylation is 1. The standard InChI is InChI=1S/C23H25FN4O3S2/c1-3-10-25-22(31)26-18(29)12-32-23-27-20-19(14-9-8-13(2)11-17(14)33-20)21(30)28(23)16-7-5-4-6-15(16)24/h4-7,13H,3,8-12H2,1-2H3,(H2,25,26,29,31). The molecule has 10 heteroatoms. The number of hydrogen-bond donors (Lipinski definition) is 2. The minimum atomic E-state index is -0.572. The first-order valence-corrected chi connectivity index (χ1v) is 12.7. The molecule has 1 unspecified atom stereocenters. The molecule has 0 radical (unpaired) electrons. The molecule has 0 fully saturated rings. The van der Waals surface area contributed by atoms with Crippen LogP contribution in [0.3, 0.4) is 0 Å². The van der Waals surface area contributed by atoms with Gasteiger partial charge in [-0.3, -0.25) is 19.5 Å². The summed E-state index contributed by atoms with van der Waals surface area (Å²) in [7, 11) is 0. The van der Waals surface area contributed by atoms with Crippen LogP contribution in [0.1, 0.15) is 37.1 Å². The summed E-state index contributed by atoms with van der Waals surface area (Å²) >= 11 is 2.50. The molecule has 0 saturated heterocycles. The Kier molecular flexibility index (Phi) is 7.14. The molecule has 0 saturated carbocycles. The van der Waals surface area contributed by atoms with E-state index in [0.29, 0.717) is 22.7 Å². The van der Waals surface area contributed by atoms with Gasteiger partial charge in [0.05, 0.1) is 16.8 Å². The van der Waals surface area contributed by atoms with Gasteiger partial charge in [0.15, 0.2) is 5.16 Å². The fourth-order valence-electron chi connectivity index (χ4n) is 3.89. The van der Waals surface area contributed by atoms with Crippen LogP contribution in [0, 0.1) is 11.7 Å². The third-order valence-corrected chi connectivity index (χ3v) is 7.60. The van der Waals surface area contributed by atoms with Gasteiger partial charge >= 0.3 is 6.03 Å². The molecule has 0 spiro atoms. The van der Waals surface area contributed by atoms with Crippen LogP contribution in [0.2, 0.25) is 0 Å². The zero-order chi connectivity index (χ0) is 23.5. The number of thioether (sulfide) groups is 1. The number of hydrogen-bond acceptors (Lipinski definition) is 6. The number of imide groups is 1. The average molecular weight is 489 g/mol. The summed E-state index contributed by atoms with van der Waals surface area (Å²) in [6.07, 6.45) is 3.44. The summed E-state index contributed by atoms with van der Waals surface area (Å²) in [4.78, 5) is 44.1. The first-order chi connectivity index (χ1) is 15.9. The lowest BCUT2D eigenvalue weighted by Gasteiger charge is -2.18. The molecule has 33 heavy (non-hydrogen) atoms. The van der Waals surface area contributed by atoms with Gasteiger partial charge < -0.3 is 5.32 Å². The molecule has 2 heterocycles. The Hall–Kier alpha value is -2.72. The lowest BCUT2D eigenvalue weighted by molar-refractivity contribution is -0.117. The van der Waals surface area contributed by atoms with Crippen LogP contribution in [-0.2, 0) is 17.6 Å². The van der Waals surface area contributed by atoms with Crippen molar-refractivity contribution in [2.24, 2.45) is 5.92 Å². The van der Waals surface area contributed by atoms with Crippen LogP contribution in [-0.4, -0.2) is 33.8 Å². The highest BCUT2D eigenvalue weighted by Gasteiger charge is 2.26. The van der Waals surface area contributed by atoms with Crippen LogP contribution in [0.25, 0.3) is 15.9 Å². The van der Waals surface area contributed by atoms with E-state index in [4.69, 9.17) is 0 Å². The molecule has 1 aliphatic rings. The summed E-state index contributed by atoms with van der Waals surface area (Å²) < 4.78 is 16.0. The number of nitrogens with one attached hydrogen (secondary N) is 2. The van der Waals surface area contributed by atoms with E-state index in [-0.39, 0.29) is 22.2 Å². The maximum absolute atomic E-state index is 14.7. The van der Waals surface area contributed by atoms with Crippen LogP contribution >= 0.6 is 23.1 Å². The number of aromatic nitrogens is 2. The number of nitrogens with zero attached hydrogens (tertiary/aromatic N) is 2. The molecular formula is C23H25FN4O3S2. The fraction of sp³-hybridized carbons (Fsp3) is 0.391. The highest BCUT2D eigenvalue weighted by molar-refractivity contribution is 7.99. The minimum absolute atomic E-state index is 0.0876. The molecule has 3 aromatic rings. The van der Waals surface area contributed by atoms with E-state index in [1.54, 1.807) is 12.1 Å². The number of fused-ring (bicyclic) bond motifs is 3. The zero-order valence-electron chi connectivity index (χ0n) is 18.4. The van der Waals surface area contributed by atoms with E-state index in [0.717, 1.165) is 47.9 Å². The Balaban J connectivity index is 1.73. The quantitative estimate of drug-likeness (QED) is 0.404. The highest BCUT2D eigenvalue weighted by atomic mass is 32.2. The van der Waals surface area contributed by atoms with Gasteiger partial charge in [-0.2, -0.15) is 0 Å². The Morgan fingerprint density at radius 1 is 1.33 bits per heavy atom. The fourth-order valence-corrected chi connectivity index (χ4v) is 6.12. The number of thiophene rings is 1. The second-order valence-electron chi connectivity index (χ2n) is 8.11. The van der Waals surface area contributed by atoms with Crippen LogP contribution < -0.4 is 16.2 Å². The summed E-state index contributed by atoms with van der Waals surface area (Å²) in [6.45, 7) is 4.55. The predicted octanol–water partition coefficient (Wildman–Crippen LogP) is 4.04. The SMILES string of the molecule is CCCNC(=O)NC(=O)CSc1nc2sc3c(c2c(=O)n1-c1ccccc1F)CCC(C)C3. The number of urea groups is 1. The summed E-state index contributed by atoms with van der Waals surface area (Å²) in [5, 5.41) is 5.58. The second kappa shape index (κ2) is 10.0. The minimum Gasteiger partial charge on any atom is -0.338 e. The van der Waals surface area contributed by atoms with Crippen molar-refractivity contribution >= 4 is 45.3 Å². The largest absolute Gasteiger partial charge is 0.338 e. The average Bonchev–Trinajstić information content (AvgIpc) is 3.14. The number of benzene rings is 1. The topological polar surface area (TPSA) is 93.1 Å². The molecule has 1 aliphatic carbocycles. The van der Waals surface area contributed by atoms with Crippen molar-refractivity contribution < 1.29 is 14.0 Å². The number of carbonyl (C=O) groups excluding carboxylic acids is 2. The summed E-state index contributed by atoms with van der Waals surface area (Å²) in [6, 6.07) is 5.44. The number of halogens is 1. The van der Waals surface area contributed by atoms with Gasteiger partial charge in [0, 0.05) is 11.4 Å². The van der Waals surface area contributed by atoms with Gasteiger partial charge in [0.25, 0.3) is 5.56 Å². The van der Waals surface area contributed by atoms with Gasteiger partial charge in [-0.25, -0.2) is 14.2 Å². The van der Waals surface area contributed by atoms with E-state index in [1.807, 2.05) is 6.92 Å². The van der Waals surface area contributed by atoms with Gasteiger partial charge in [0.2, 0.25) is 5.91 Å². The molecule has 1 atom stereocenters. The third-order valence-electron chi connectivity index (χ3n) is 5.51. The van der Waals surface area contributed by atoms with E-state index in [2.05, 4.69) is 22.5 Å². The Bertz CT molecular complexity index is 1270. The Labute approximate surface area is 198 Å².